The van der Waals surface area contributed by atoms with Crippen LogP contribution in [0.4, 0.5) is 0 Å². The molecule has 0 aromatic heterocycles. The smallest absolute Gasteiger partial charge is 0.339 e. The Balaban J connectivity index is 2.10. The van der Waals surface area contributed by atoms with Crippen LogP contribution in [-0.4, -0.2) is 18.0 Å². The lowest BCUT2D eigenvalue weighted by atomic mass is 9.87. The van der Waals surface area contributed by atoms with Gasteiger partial charge in [-0.2, -0.15) is 0 Å². The number of benzene rings is 1. The molecule has 1 aliphatic carbocycles. The van der Waals surface area contributed by atoms with Crippen LogP contribution in [0.1, 0.15) is 36.0 Å². The second kappa shape index (κ2) is 7.24. The van der Waals surface area contributed by atoms with Gasteiger partial charge in [0.2, 0.25) is 0 Å². The Kier molecular flexibility index (Phi) is 5.85. The summed E-state index contributed by atoms with van der Waals surface area (Å²) in [6.07, 6.45) is 1.94. The molecule has 1 aromatic rings. The van der Waals surface area contributed by atoms with Crippen molar-refractivity contribution >= 4 is 59.7 Å². The molecular formula is C14H12Br3O4-. The average Bonchev–Trinajstić information content (AvgIpc) is 2.43. The van der Waals surface area contributed by atoms with Crippen LogP contribution in [0.3, 0.4) is 0 Å². The predicted molar refractivity (Wildman–Crippen MR) is 85.7 cm³/mol. The van der Waals surface area contributed by atoms with Crippen LogP contribution < -0.4 is 5.11 Å². The Morgan fingerprint density at radius 2 is 1.90 bits per heavy atom. The monoisotopic (exact) mass is 481 g/mol. The molecule has 0 N–H and O–H groups in total. The summed E-state index contributed by atoms with van der Waals surface area (Å²) >= 11 is 10.0. The highest BCUT2D eigenvalue weighted by molar-refractivity contribution is 9.13. The molecule has 1 aromatic carbocycles. The number of hydrogen-bond donors (Lipinski definition) is 0. The summed E-state index contributed by atoms with van der Waals surface area (Å²) in [6, 6.07) is 3.48. The standard InChI is InChI=1S/C14H13Br3O4/c15-8-5-10(12(17)11(16)6-8)14(20)21-9-3-1-2-7(4-9)13(18)19/h5-7,9H,1-4H2,(H,18,19)/p-1. The first-order valence-electron chi connectivity index (χ1n) is 6.45. The number of halogens is 3. The van der Waals surface area contributed by atoms with Crippen molar-refractivity contribution in [2.24, 2.45) is 5.92 Å². The van der Waals surface area contributed by atoms with Crippen molar-refractivity contribution in [3.63, 3.8) is 0 Å². The molecule has 0 saturated heterocycles. The summed E-state index contributed by atoms with van der Waals surface area (Å²) in [6.45, 7) is 0. The van der Waals surface area contributed by atoms with Crippen LogP contribution in [0.15, 0.2) is 25.6 Å². The number of carbonyl (C=O) groups excluding carboxylic acids is 2. The number of carboxylic acid groups (broad SMARTS) is 1. The molecule has 2 rings (SSSR count). The second-order valence-corrected chi connectivity index (χ2v) is 7.52. The molecule has 2 atom stereocenters. The normalized spacial score (nSPS) is 21.9. The molecule has 21 heavy (non-hydrogen) atoms. The van der Waals surface area contributed by atoms with Gasteiger partial charge < -0.3 is 14.6 Å². The van der Waals surface area contributed by atoms with Crippen LogP contribution in [0, 0.1) is 5.92 Å². The topological polar surface area (TPSA) is 66.4 Å². The lowest BCUT2D eigenvalue weighted by Crippen LogP contribution is -2.37. The van der Waals surface area contributed by atoms with Crippen molar-refractivity contribution in [2.45, 2.75) is 31.8 Å². The van der Waals surface area contributed by atoms with E-state index in [0.29, 0.717) is 29.3 Å². The highest BCUT2D eigenvalue weighted by Crippen LogP contribution is 2.32. The van der Waals surface area contributed by atoms with E-state index in [2.05, 4.69) is 47.8 Å². The number of hydrogen-bond acceptors (Lipinski definition) is 4. The molecule has 0 amide bonds. The molecule has 7 heteroatoms. The zero-order chi connectivity index (χ0) is 15.6. The van der Waals surface area contributed by atoms with E-state index in [1.165, 1.54) is 0 Å². The van der Waals surface area contributed by atoms with E-state index >= 15 is 0 Å². The molecule has 0 bridgehead atoms. The molecule has 1 saturated carbocycles. The third-order valence-corrected chi connectivity index (χ3v) is 5.92. The van der Waals surface area contributed by atoms with Gasteiger partial charge in [0.05, 0.1) is 5.56 Å². The molecule has 0 spiro atoms. The SMILES string of the molecule is O=C(OC1CCCC(C(=O)[O-])C1)c1cc(Br)cc(Br)c1Br. The minimum absolute atomic E-state index is 0.320. The quantitative estimate of drug-likeness (QED) is 0.488. The summed E-state index contributed by atoms with van der Waals surface area (Å²) in [4.78, 5) is 23.2. The summed E-state index contributed by atoms with van der Waals surface area (Å²) in [7, 11) is 0. The largest absolute Gasteiger partial charge is 0.550 e. The molecule has 2 unspecified atom stereocenters. The van der Waals surface area contributed by atoms with Crippen LogP contribution in [0.2, 0.25) is 0 Å². The van der Waals surface area contributed by atoms with Crippen molar-refractivity contribution in [3.8, 4) is 0 Å². The van der Waals surface area contributed by atoms with Gasteiger partial charge in [-0.1, -0.05) is 15.9 Å². The Labute approximate surface area is 147 Å². The van der Waals surface area contributed by atoms with E-state index in [-0.39, 0.29) is 6.10 Å². The molecular weight excluding hydrogens is 472 g/mol. The maximum atomic E-state index is 12.3. The van der Waals surface area contributed by atoms with Gasteiger partial charge in [0.1, 0.15) is 6.10 Å². The van der Waals surface area contributed by atoms with Crippen LogP contribution in [-0.2, 0) is 9.53 Å². The third-order valence-electron chi connectivity index (χ3n) is 3.45. The average molecular weight is 484 g/mol. The maximum Gasteiger partial charge on any atom is 0.339 e. The summed E-state index contributed by atoms with van der Waals surface area (Å²) in [5.41, 5.74) is 0.395. The third kappa shape index (κ3) is 4.29. The van der Waals surface area contributed by atoms with Gasteiger partial charge in [-0.05, 0) is 69.7 Å². The fraction of sp³-hybridized carbons (Fsp3) is 0.429. The van der Waals surface area contributed by atoms with Gasteiger partial charge in [0.15, 0.2) is 0 Å². The van der Waals surface area contributed by atoms with Crippen molar-refractivity contribution in [1.29, 1.82) is 0 Å². The van der Waals surface area contributed by atoms with Crippen LogP contribution in [0.25, 0.3) is 0 Å². The van der Waals surface area contributed by atoms with E-state index in [1.54, 1.807) is 6.07 Å². The summed E-state index contributed by atoms with van der Waals surface area (Å²) < 4.78 is 7.55. The molecule has 1 aliphatic rings. The number of ether oxygens (including phenoxy) is 1. The molecule has 0 radical (unpaired) electrons. The minimum Gasteiger partial charge on any atom is -0.550 e. The molecule has 4 nitrogen and oxygen atoms in total. The van der Waals surface area contributed by atoms with Crippen molar-refractivity contribution in [2.75, 3.05) is 0 Å². The minimum atomic E-state index is -1.07. The van der Waals surface area contributed by atoms with Crippen molar-refractivity contribution in [1.82, 2.24) is 0 Å². The molecule has 0 heterocycles. The van der Waals surface area contributed by atoms with Crippen LogP contribution >= 0.6 is 47.8 Å². The summed E-state index contributed by atoms with van der Waals surface area (Å²) in [5, 5.41) is 10.9. The fourth-order valence-corrected chi connectivity index (χ4v) is 4.00. The zero-order valence-electron chi connectivity index (χ0n) is 10.9. The Morgan fingerprint density at radius 1 is 1.19 bits per heavy atom. The van der Waals surface area contributed by atoms with Crippen molar-refractivity contribution in [3.05, 3.63) is 31.1 Å². The zero-order valence-corrected chi connectivity index (χ0v) is 15.7. The lowest BCUT2D eigenvalue weighted by Gasteiger charge is -2.29. The lowest BCUT2D eigenvalue weighted by molar-refractivity contribution is -0.313. The van der Waals surface area contributed by atoms with Gasteiger partial charge in [-0.15, -0.1) is 0 Å². The predicted octanol–water partition coefficient (Wildman–Crippen LogP) is 3.44. The van der Waals surface area contributed by atoms with E-state index in [4.69, 9.17) is 4.74 Å². The second-order valence-electron chi connectivity index (χ2n) is 4.96. The fourth-order valence-electron chi connectivity index (χ4n) is 2.39. The highest BCUT2D eigenvalue weighted by atomic mass is 79.9. The number of rotatable bonds is 3. The number of carbonyl (C=O) groups is 2. The van der Waals surface area contributed by atoms with E-state index in [9.17, 15) is 14.7 Å². The molecule has 1 fully saturated rings. The van der Waals surface area contributed by atoms with Gasteiger partial charge in [-0.3, -0.25) is 0 Å². The first kappa shape index (κ1) is 17.0. The van der Waals surface area contributed by atoms with Gasteiger partial charge in [0, 0.05) is 25.3 Å². The Bertz CT molecular complexity index is 574. The number of carboxylic acids is 1. The first-order valence-corrected chi connectivity index (χ1v) is 8.82. The van der Waals surface area contributed by atoms with Crippen molar-refractivity contribution < 1.29 is 19.4 Å². The van der Waals surface area contributed by atoms with Gasteiger partial charge >= 0.3 is 5.97 Å². The maximum absolute atomic E-state index is 12.3. The van der Waals surface area contributed by atoms with Crippen LogP contribution in [0.5, 0.6) is 0 Å². The molecule has 114 valence electrons. The molecule has 0 aliphatic heterocycles. The van der Waals surface area contributed by atoms with Gasteiger partial charge in [0.25, 0.3) is 0 Å². The first-order chi connectivity index (χ1) is 9.88. The van der Waals surface area contributed by atoms with E-state index < -0.39 is 17.9 Å². The number of aliphatic carboxylic acids is 1. The highest BCUT2D eigenvalue weighted by Gasteiger charge is 2.27. The van der Waals surface area contributed by atoms with E-state index in [0.717, 1.165) is 15.4 Å². The Morgan fingerprint density at radius 3 is 2.57 bits per heavy atom. The Hall–Kier alpha value is -0.400. The summed E-state index contributed by atoms with van der Waals surface area (Å²) in [5.74, 6) is -2.07. The van der Waals surface area contributed by atoms with E-state index in [1.807, 2.05) is 6.07 Å². The van der Waals surface area contributed by atoms with Gasteiger partial charge in [-0.25, -0.2) is 4.79 Å². The number of esters is 1.